The van der Waals surface area contributed by atoms with Crippen LogP contribution in [0.5, 0.6) is 5.75 Å². The normalized spacial score (nSPS) is 17.8. The summed E-state index contributed by atoms with van der Waals surface area (Å²) in [6, 6.07) is 7.66. The summed E-state index contributed by atoms with van der Waals surface area (Å²) in [7, 11) is 3.51. The number of methoxy groups -OCH3 is 1. The number of likely N-dealkylation sites (N-methyl/N-ethyl adjacent to an activating group) is 1. The highest BCUT2D eigenvalue weighted by atomic mass is 16.5. The van der Waals surface area contributed by atoms with Crippen LogP contribution >= 0.6 is 0 Å². The van der Waals surface area contributed by atoms with Crippen LogP contribution in [0.25, 0.3) is 0 Å². The molecule has 0 aliphatic carbocycles. The molecule has 1 fully saturated rings. The second-order valence-corrected chi connectivity index (χ2v) is 4.97. The first kappa shape index (κ1) is 14.7. The van der Waals surface area contributed by atoms with Crippen molar-refractivity contribution in [3.8, 4) is 5.75 Å². The molecule has 1 aromatic rings. The van der Waals surface area contributed by atoms with E-state index in [1.165, 1.54) is 0 Å². The summed E-state index contributed by atoms with van der Waals surface area (Å²) in [4.78, 5) is 13.8. The molecule has 1 aromatic carbocycles. The van der Waals surface area contributed by atoms with Crippen LogP contribution in [0.4, 0.5) is 5.69 Å². The number of ether oxygens (including phenoxy) is 2. The molecule has 2 rings (SSSR count). The lowest BCUT2D eigenvalue weighted by Crippen LogP contribution is -2.38. The third kappa shape index (κ3) is 3.87. The van der Waals surface area contributed by atoms with Crippen molar-refractivity contribution in [2.75, 3.05) is 38.8 Å². The highest BCUT2D eigenvalue weighted by Crippen LogP contribution is 2.26. The standard InChI is InChI=1S/C15H22N2O3/c1-17(13-7-3-4-8-14(13)19-2)11-15(18)16-10-12-6-5-9-20-12/h3-4,7-8,12H,5-6,9-11H2,1-2H3,(H,16,18). The average Bonchev–Trinajstić information content (AvgIpc) is 2.98. The van der Waals surface area contributed by atoms with Gasteiger partial charge in [0.05, 0.1) is 25.4 Å². The highest BCUT2D eigenvalue weighted by Gasteiger charge is 2.17. The first-order valence-electron chi connectivity index (χ1n) is 6.93. The molecule has 1 amide bonds. The van der Waals surface area contributed by atoms with Gasteiger partial charge in [0.2, 0.25) is 5.91 Å². The summed E-state index contributed by atoms with van der Waals surface area (Å²) in [5, 5.41) is 2.92. The van der Waals surface area contributed by atoms with Gasteiger partial charge in [0.15, 0.2) is 0 Å². The van der Waals surface area contributed by atoms with Gasteiger partial charge >= 0.3 is 0 Å². The van der Waals surface area contributed by atoms with Crippen LogP contribution in [0, 0.1) is 0 Å². The monoisotopic (exact) mass is 278 g/mol. The van der Waals surface area contributed by atoms with E-state index in [4.69, 9.17) is 9.47 Å². The summed E-state index contributed by atoms with van der Waals surface area (Å²) in [5.74, 6) is 0.760. The predicted molar refractivity (Wildman–Crippen MR) is 78.2 cm³/mol. The van der Waals surface area contributed by atoms with Gasteiger partial charge < -0.3 is 19.7 Å². The first-order valence-corrected chi connectivity index (χ1v) is 6.93. The quantitative estimate of drug-likeness (QED) is 0.855. The number of hydrogen-bond donors (Lipinski definition) is 1. The molecule has 1 aliphatic rings. The Morgan fingerprint density at radius 3 is 3.00 bits per heavy atom. The van der Waals surface area contributed by atoms with Crippen molar-refractivity contribution in [1.82, 2.24) is 5.32 Å². The minimum absolute atomic E-state index is 0.00564. The molecule has 1 aliphatic heterocycles. The smallest absolute Gasteiger partial charge is 0.239 e. The molecule has 0 saturated carbocycles. The summed E-state index contributed by atoms with van der Waals surface area (Å²) < 4.78 is 10.8. The fraction of sp³-hybridized carbons (Fsp3) is 0.533. The molecule has 0 bridgehead atoms. The van der Waals surface area contributed by atoms with Crippen molar-refractivity contribution < 1.29 is 14.3 Å². The van der Waals surface area contributed by atoms with E-state index in [2.05, 4.69) is 5.32 Å². The number of para-hydroxylation sites is 2. The van der Waals surface area contributed by atoms with Gasteiger partial charge in [-0.15, -0.1) is 0 Å². The Balaban J connectivity index is 1.83. The molecular weight excluding hydrogens is 256 g/mol. The Bertz CT molecular complexity index is 444. The molecule has 1 N–H and O–H groups in total. The fourth-order valence-electron chi connectivity index (χ4n) is 2.33. The molecule has 1 unspecified atom stereocenters. The summed E-state index contributed by atoms with van der Waals surface area (Å²) >= 11 is 0. The average molecular weight is 278 g/mol. The Labute approximate surface area is 119 Å². The van der Waals surface area contributed by atoms with E-state index in [1.54, 1.807) is 7.11 Å². The SMILES string of the molecule is COc1ccccc1N(C)CC(=O)NCC1CCCO1. The van der Waals surface area contributed by atoms with Gasteiger partial charge in [-0.1, -0.05) is 12.1 Å². The van der Waals surface area contributed by atoms with E-state index in [-0.39, 0.29) is 12.0 Å². The zero-order valence-electron chi connectivity index (χ0n) is 12.1. The van der Waals surface area contributed by atoms with Gasteiger partial charge in [-0.3, -0.25) is 4.79 Å². The molecule has 0 spiro atoms. The second-order valence-electron chi connectivity index (χ2n) is 4.97. The van der Waals surface area contributed by atoms with Crippen LogP contribution in [-0.4, -0.2) is 45.9 Å². The minimum atomic E-state index is -0.00564. The van der Waals surface area contributed by atoms with E-state index in [0.29, 0.717) is 13.1 Å². The molecule has 110 valence electrons. The van der Waals surface area contributed by atoms with Crippen molar-refractivity contribution in [3.63, 3.8) is 0 Å². The van der Waals surface area contributed by atoms with Crippen LogP contribution in [0.2, 0.25) is 0 Å². The molecule has 20 heavy (non-hydrogen) atoms. The van der Waals surface area contributed by atoms with Gasteiger partial charge in [0.1, 0.15) is 5.75 Å². The van der Waals surface area contributed by atoms with Gasteiger partial charge in [0.25, 0.3) is 0 Å². The second kappa shape index (κ2) is 7.14. The zero-order chi connectivity index (χ0) is 14.4. The lowest BCUT2D eigenvalue weighted by molar-refractivity contribution is -0.120. The number of carbonyl (C=O) groups is 1. The van der Waals surface area contributed by atoms with E-state index < -0.39 is 0 Å². The molecule has 1 atom stereocenters. The van der Waals surface area contributed by atoms with Crippen LogP contribution in [0.3, 0.4) is 0 Å². The summed E-state index contributed by atoms with van der Waals surface area (Å²) in [5.41, 5.74) is 0.905. The molecule has 0 aromatic heterocycles. The maximum absolute atomic E-state index is 11.9. The number of nitrogens with zero attached hydrogens (tertiary/aromatic N) is 1. The number of amides is 1. The van der Waals surface area contributed by atoms with Crippen molar-refractivity contribution in [3.05, 3.63) is 24.3 Å². The van der Waals surface area contributed by atoms with E-state index in [0.717, 1.165) is 30.9 Å². The highest BCUT2D eigenvalue weighted by molar-refractivity contribution is 5.81. The lowest BCUT2D eigenvalue weighted by Gasteiger charge is -2.21. The van der Waals surface area contributed by atoms with Gasteiger partial charge in [-0.2, -0.15) is 0 Å². The summed E-state index contributed by atoms with van der Waals surface area (Å²) in [6.45, 7) is 1.70. The molecule has 1 heterocycles. The Hall–Kier alpha value is -1.75. The number of nitrogens with one attached hydrogen (secondary N) is 1. The number of anilines is 1. The maximum Gasteiger partial charge on any atom is 0.239 e. The largest absolute Gasteiger partial charge is 0.495 e. The topological polar surface area (TPSA) is 50.8 Å². The molecular formula is C15H22N2O3. The third-order valence-corrected chi connectivity index (χ3v) is 3.43. The fourth-order valence-corrected chi connectivity index (χ4v) is 2.33. The van der Waals surface area contributed by atoms with Crippen LogP contribution in [0.1, 0.15) is 12.8 Å². The van der Waals surface area contributed by atoms with E-state index in [9.17, 15) is 4.79 Å². The van der Waals surface area contributed by atoms with Crippen molar-refractivity contribution in [2.24, 2.45) is 0 Å². The van der Waals surface area contributed by atoms with Gasteiger partial charge in [-0.05, 0) is 25.0 Å². The Kier molecular flexibility index (Phi) is 5.24. The first-order chi connectivity index (χ1) is 9.70. The molecule has 1 saturated heterocycles. The molecule has 5 nitrogen and oxygen atoms in total. The predicted octanol–water partition coefficient (Wildman–Crippen LogP) is 1.43. The van der Waals surface area contributed by atoms with Crippen molar-refractivity contribution in [2.45, 2.75) is 18.9 Å². The van der Waals surface area contributed by atoms with Crippen LogP contribution < -0.4 is 15.0 Å². The van der Waals surface area contributed by atoms with E-state index >= 15 is 0 Å². The molecule has 5 heteroatoms. The lowest BCUT2D eigenvalue weighted by atomic mass is 10.2. The van der Waals surface area contributed by atoms with E-state index in [1.807, 2.05) is 36.2 Å². The Morgan fingerprint density at radius 2 is 2.30 bits per heavy atom. The molecule has 0 radical (unpaired) electrons. The third-order valence-electron chi connectivity index (χ3n) is 3.43. The maximum atomic E-state index is 11.9. The number of benzene rings is 1. The number of hydrogen-bond acceptors (Lipinski definition) is 4. The van der Waals surface area contributed by atoms with Gasteiger partial charge in [0, 0.05) is 20.2 Å². The minimum Gasteiger partial charge on any atom is -0.495 e. The van der Waals surface area contributed by atoms with Crippen molar-refractivity contribution >= 4 is 11.6 Å². The Morgan fingerprint density at radius 1 is 1.50 bits per heavy atom. The van der Waals surface area contributed by atoms with Crippen molar-refractivity contribution in [1.29, 1.82) is 0 Å². The number of rotatable bonds is 6. The summed E-state index contributed by atoms with van der Waals surface area (Å²) in [6.07, 6.45) is 2.29. The van der Waals surface area contributed by atoms with Gasteiger partial charge in [-0.25, -0.2) is 0 Å². The van der Waals surface area contributed by atoms with Crippen LogP contribution in [0.15, 0.2) is 24.3 Å². The zero-order valence-corrected chi connectivity index (χ0v) is 12.1. The van der Waals surface area contributed by atoms with Crippen LogP contribution in [-0.2, 0) is 9.53 Å². The number of carbonyl (C=O) groups excluding carboxylic acids is 1.